The predicted molar refractivity (Wildman–Crippen MR) is 61.6 cm³/mol. The molecule has 3 nitrogen and oxygen atoms in total. The van der Waals surface area contributed by atoms with Crippen molar-refractivity contribution in [2.24, 2.45) is 0 Å². The lowest BCUT2D eigenvalue weighted by Crippen LogP contribution is -2.37. The number of nitrogens with zero attached hydrogens (tertiary/aromatic N) is 2. The van der Waals surface area contributed by atoms with Gasteiger partial charge in [0, 0.05) is 13.1 Å². The average Bonchev–Trinajstić information content (AvgIpc) is 2.28. The monoisotopic (exact) mass is 234 g/mol. The van der Waals surface area contributed by atoms with Crippen LogP contribution in [0.15, 0.2) is 18.2 Å². The summed E-state index contributed by atoms with van der Waals surface area (Å²) >= 11 is 0. The van der Waals surface area contributed by atoms with Crippen LogP contribution in [0.5, 0.6) is 0 Å². The number of rotatable bonds is 2. The zero-order valence-corrected chi connectivity index (χ0v) is 9.56. The van der Waals surface area contributed by atoms with Crippen LogP contribution in [0.25, 0.3) is 0 Å². The minimum Gasteiger partial charge on any atom is -0.392 e. The summed E-state index contributed by atoms with van der Waals surface area (Å²) in [6.45, 7) is 2.12. The Morgan fingerprint density at radius 3 is 3.00 bits per heavy atom. The molecule has 17 heavy (non-hydrogen) atoms. The Kier molecular flexibility index (Phi) is 3.72. The lowest BCUT2D eigenvalue weighted by atomic mass is 10.1. The Balaban J connectivity index is 2.07. The van der Waals surface area contributed by atoms with Crippen LogP contribution >= 0.6 is 0 Å². The van der Waals surface area contributed by atoms with Gasteiger partial charge >= 0.3 is 0 Å². The zero-order valence-electron chi connectivity index (χ0n) is 9.56. The van der Waals surface area contributed by atoms with Gasteiger partial charge in [0.1, 0.15) is 5.82 Å². The second kappa shape index (κ2) is 5.26. The van der Waals surface area contributed by atoms with Gasteiger partial charge in [0.25, 0.3) is 0 Å². The van der Waals surface area contributed by atoms with E-state index in [4.69, 9.17) is 5.26 Å². The number of likely N-dealkylation sites (tertiary alicyclic amines) is 1. The lowest BCUT2D eigenvalue weighted by Gasteiger charge is -2.29. The molecular weight excluding hydrogens is 219 g/mol. The number of halogens is 1. The van der Waals surface area contributed by atoms with Gasteiger partial charge in [-0.2, -0.15) is 5.26 Å². The first-order valence-corrected chi connectivity index (χ1v) is 5.77. The molecule has 0 aromatic heterocycles. The molecule has 90 valence electrons. The molecule has 1 N–H and O–H groups in total. The van der Waals surface area contributed by atoms with Crippen molar-refractivity contribution in [3.8, 4) is 6.07 Å². The summed E-state index contributed by atoms with van der Waals surface area (Å²) in [5.74, 6) is -0.378. The van der Waals surface area contributed by atoms with Gasteiger partial charge in [-0.3, -0.25) is 4.90 Å². The third-order valence-electron chi connectivity index (χ3n) is 2.97. The van der Waals surface area contributed by atoms with Gasteiger partial charge < -0.3 is 5.11 Å². The van der Waals surface area contributed by atoms with Crippen LogP contribution in [0.4, 0.5) is 4.39 Å². The summed E-state index contributed by atoms with van der Waals surface area (Å²) in [4.78, 5) is 2.09. The first-order valence-electron chi connectivity index (χ1n) is 5.77. The molecule has 0 bridgehead atoms. The Bertz CT molecular complexity index is 442. The number of aliphatic hydroxyl groups is 1. The standard InChI is InChI=1S/C13H15FN2O/c14-12-5-10(7-15)4-11(6-12)8-16-3-1-2-13(17)9-16/h4-6,13,17H,1-3,8-9H2/t13-/m0/s1. The molecule has 0 unspecified atom stereocenters. The molecule has 0 spiro atoms. The maximum Gasteiger partial charge on any atom is 0.124 e. The highest BCUT2D eigenvalue weighted by molar-refractivity contribution is 5.33. The minimum atomic E-state index is -0.378. The Morgan fingerprint density at radius 1 is 1.47 bits per heavy atom. The van der Waals surface area contributed by atoms with Crippen LogP contribution in [-0.2, 0) is 6.54 Å². The van der Waals surface area contributed by atoms with E-state index < -0.39 is 0 Å². The van der Waals surface area contributed by atoms with E-state index in [2.05, 4.69) is 4.90 Å². The molecule has 0 radical (unpaired) electrons. The van der Waals surface area contributed by atoms with Gasteiger partial charge in [0.05, 0.1) is 17.7 Å². The molecule has 1 aromatic carbocycles. The average molecular weight is 234 g/mol. The third kappa shape index (κ3) is 3.26. The number of benzene rings is 1. The van der Waals surface area contributed by atoms with Crippen LogP contribution in [-0.4, -0.2) is 29.2 Å². The van der Waals surface area contributed by atoms with Gasteiger partial charge in [0.15, 0.2) is 0 Å². The molecule has 0 saturated carbocycles. The molecule has 2 rings (SSSR count). The summed E-state index contributed by atoms with van der Waals surface area (Å²) in [7, 11) is 0. The highest BCUT2D eigenvalue weighted by atomic mass is 19.1. The summed E-state index contributed by atoms with van der Waals surface area (Å²) in [6.07, 6.45) is 1.51. The molecule has 1 aliphatic heterocycles. The van der Waals surface area contributed by atoms with Gasteiger partial charge in [-0.15, -0.1) is 0 Å². The van der Waals surface area contributed by atoms with Crippen molar-refractivity contribution in [2.75, 3.05) is 13.1 Å². The SMILES string of the molecule is N#Cc1cc(F)cc(CN2CCC[C@H](O)C2)c1. The fourth-order valence-electron chi connectivity index (χ4n) is 2.24. The second-order valence-electron chi connectivity index (χ2n) is 4.49. The summed E-state index contributed by atoms with van der Waals surface area (Å²) < 4.78 is 13.2. The van der Waals surface area contributed by atoms with E-state index in [1.807, 2.05) is 6.07 Å². The van der Waals surface area contributed by atoms with Crippen molar-refractivity contribution in [1.82, 2.24) is 4.90 Å². The fourth-order valence-corrected chi connectivity index (χ4v) is 2.24. The van der Waals surface area contributed by atoms with Gasteiger partial charge in [-0.05, 0) is 43.1 Å². The van der Waals surface area contributed by atoms with Crippen molar-refractivity contribution in [3.05, 3.63) is 35.1 Å². The highest BCUT2D eigenvalue weighted by Gasteiger charge is 2.17. The minimum absolute atomic E-state index is 0.284. The Hall–Kier alpha value is -1.44. The van der Waals surface area contributed by atoms with Gasteiger partial charge in [-0.1, -0.05) is 0 Å². The van der Waals surface area contributed by atoms with E-state index >= 15 is 0 Å². The maximum atomic E-state index is 13.2. The van der Waals surface area contributed by atoms with Crippen molar-refractivity contribution in [2.45, 2.75) is 25.5 Å². The zero-order chi connectivity index (χ0) is 12.3. The van der Waals surface area contributed by atoms with E-state index in [0.29, 0.717) is 18.7 Å². The number of hydrogen-bond donors (Lipinski definition) is 1. The topological polar surface area (TPSA) is 47.3 Å². The number of β-amino-alcohol motifs (C(OH)–C–C–N with tert-alkyl or cyclic N) is 1. The molecule has 1 saturated heterocycles. The van der Waals surface area contributed by atoms with Crippen molar-refractivity contribution >= 4 is 0 Å². The first-order chi connectivity index (χ1) is 8.17. The molecule has 1 fully saturated rings. The predicted octanol–water partition coefficient (Wildman–Crippen LogP) is 1.65. The van der Waals surface area contributed by atoms with Crippen molar-refractivity contribution in [3.63, 3.8) is 0 Å². The fraction of sp³-hybridized carbons (Fsp3) is 0.462. The van der Waals surface area contributed by atoms with E-state index in [1.54, 1.807) is 6.07 Å². The summed E-state index contributed by atoms with van der Waals surface area (Å²) in [5, 5.41) is 18.3. The molecule has 0 aliphatic carbocycles. The third-order valence-corrected chi connectivity index (χ3v) is 2.97. The van der Waals surface area contributed by atoms with Crippen LogP contribution in [0.2, 0.25) is 0 Å². The van der Waals surface area contributed by atoms with Crippen molar-refractivity contribution in [1.29, 1.82) is 5.26 Å². The largest absolute Gasteiger partial charge is 0.392 e. The molecular formula is C13H15FN2O. The smallest absolute Gasteiger partial charge is 0.124 e. The molecule has 1 heterocycles. The van der Waals surface area contributed by atoms with Crippen LogP contribution < -0.4 is 0 Å². The molecule has 4 heteroatoms. The molecule has 1 aromatic rings. The van der Waals surface area contributed by atoms with E-state index in [9.17, 15) is 9.50 Å². The van der Waals surface area contributed by atoms with Crippen LogP contribution in [0.3, 0.4) is 0 Å². The van der Waals surface area contributed by atoms with Crippen molar-refractivity contribution < 1.29 is 9.50 Å². The quantitative estimate of drug-likeness (QED) is 0.846. The van der Waals surface area contributed by atoms with Crippen LogP contribution in [0, 0.1) is 17.1 Å². The van der Waals surface area contributed by atoms with Crippen LogP contribution in [0.1, 0.15) is 24.0 Å². The van der Waals surface area contributed by atoms with E-state index in [0.717, 1.165) is 24.9 Å². The van der Waals surface area contributed by atoms with E-state index in [1.165, 1.54) is 12.1 Å². The number of nitriles is 1. The number of hydrogen-bond acceptors (Lipinski definition) is 3. The number of aliphatic hydroxyl groups excluding tert-OH is 1. The maximum absolute atomic E-state index is 13.2. The van der Waals surface area contributed by atoms with Gasteiger partial charge in [-0.25, -0.2) is 4.39 Å². The normalized spacial score (nSPS) is 21.1. The Labute approximate surface area is 100 Å². The lowest BCUT2D eigenvalue weighted by molar-refractivity contribution is 0.0668. The van der Waals surface area contributed by atoms with Gasteiger partial charge in [0.2, 0.25) is 0 Å². The van der Waals surface area contributed by atoms with E-state index in [-0.39, 0.29) is 11.9 Å². The molecule has 1 atom stereocenters. The molecule has 1 aliphatic rings. The number of piperidine rings is 1. The highest BCUT2D eigenvalue weighted by Crippen LogP contribution is 2.15. The molecule has 0 amide bonds. The first kappa shape index (κ1) is 12.0. The second-order valence-corrected chi connectivity index (χ2v) is 4.49. The summed E-state index contributed by atoms with van der Waals surface area (Å²) in [5.41, 5.74) is 1.13. The summed E-state index contributed by atoms with van der Waals surface area (Å²) in [6, 6.07) is 6.32. The Morgan fingerprint density at radius 2 is 2.29 bits per heavy atom.